The van der Waals surface area contributed by atoms with Crippen LogP contribution < -0.4 is 5.32 Å². The molecule has 0 atom stereocenters. The molecule has 0 aliphatic rings. The van der Waals surface area contributed by atoms with Crippen LogP contribution >= 0.6 is 15.9 Å². The molecule has 1 rings (SSSR count). The molecular formula is C14H20BrNO. The largest absolute Gasteiger partial charge is 0.356 e. The Labute approximate surface area is 112 Å². The number of amides is 1. The average molecular weight is 298 g/mol. The van der Waals surface area contributed by atoms with Crippen molar-refractivity contribution in [2.45, 2.75) is 32.6 Å². The normalized spacial score (nSPS) is 10.2. The molecule has 0 heterocycles. The van der Waals surface area contributed by atoms with E-state index in [0.717, 1.165) is 30.3 Å². The zero-order valence-electron chi connectivity index (χ0n) is 10.3. The first-order valence-corrected chi connectivity index (χ1v) is 7.22. The highest BCUT2D eigenvalue weighted by Gasteiger charge is 2.02. The molecule has 0 saturated heterocycles. The molecule has 2 nitrogen and oxygen atoms in total. The summed E-state index contributed by atoms with van der Waals surface area (Å²) in [5.41, 5.74) is 2.30. The van der Waals surface area contributed by atoms with Gasteiger partial charge >= 0.3 is 0 Å². The summed E-state index contributed by atoms with van der Waals surface area (Å²) in [5, 5.41) is 4.00. The highest BCUT2D eigenvalue weighted by Crippen LogP contribution is 2.04. The lowest BCUT2D eigenvalue weighted by Gasteiger charge is -2.05. The van der Waals surface area contributed by atoms with Gasteiger partial charge in [-0.15, -0.1) is 0 Å². The van der Waals surface area contributed by atoms with Gasteiger partial charge in [0, 0.05) is 11.9 Å². The van der Waals surface area contributed by atoms with Gasteiger partial charge in [0.05, 0.1) is 6.42 Å². The Kier molecular flexibility index (Phi) is 6.94. The number of halogens is 1. The van der Waals surface area contributed by atoms with E-state index < -0.39 is 0 Å². The number of carbonyl (C=O) groups is 1. The second kappa shape index (κ2) is 8.29. The van der Waals surface area contributed by atoms with E-state index in [1.165, 1.54) is 12.0 Å². The van der Waals surface area contributed by atoms with Gasteiger partial charge in [-0.1, -0.05) is 52.2 Å². The molecule has 0 bridgehead atoms. The van der Waals surface area contributed by atoms with Gasteiger partial charge in [-0.05, 0) is 25.3 Å². The van der Waals surface area contributed by atoms with E-state index in [2.05, 4.69) is 21.2 Å². The molecule has 0 unspecified atom stereocenters. The lowest BCUT2D eigenvalue weighted by molar-refractivity contribution is -0.120. The molecule has 0 aliphatic carbocycles. The molecule has 1 amide bonds. The number of hydrogen-bond acceptors (Lipinski definition) is 1. The maximum Gasteiger partial charge on any atom is 0.224 e. The molecule has 0 aromatic heterocycles. The fourth-order valence-electron chi connectivity index (χ4n) is 1.58. The van der Waals surface area contributed by atoms with E-state index in [1.54, 1.807) is 0 Å². The van der Waals surface area contributed by atoms with Crippen molar-refractivity contribution in [3.05, 3.63) is 35.4 Å². The number of nitrogens with one attached hydrogen (secondary N) is 1. The second-order valence-electron chi connectivity index (χ2n) is 4.26. The van der Waals surface area contributed by atoms with E-state index >= 15 is 0 Å². The van der Waals surface area contributed by atoms with Gasteiger partial charge in [0.2, 0.25) is 5.91 Å². The fourth-order valence-corrected chi connectivity index (χ4v) is 1.97. The molecule has 1 aromatic carbocycles. The van der Waals surface area contributed by atoms with Crippen LogP contribution in [0.5, 0.6) is 0 Å². The molecule has 0 aliphatic heterocycles. The van der Waals surface area contributed by atoms with E-state index in [4.69, 9.17) is 0 Å². The van der Waals surface area contributed by atoms with Crippen LogP contribution in [0.25, 0.3) is 0 Å². The minimum Gasteiger partial charge on any atom is -0.356 e. The number of hydrogen-bond donors (Lipinski definition) is 1. The first kappa shape index (κ1) is 14.2. The number of carbonyl (C=O) groups excluding carboxylic acids is 1. The maximum atomic E-state index is 11.6. The van der Waals surface area contributed by atoms with Crippen LogP contribution in [-0.4, -0.2) is 17.8 Å². The molecule has 1 N–H and O–H groups in total. The number of aryl methyl sites for hydroxylation is 1. The van der Waals surface area contributed by atoms with Crippen LogP contribution in [0, 0.1) is 6.92 Å². The van der Waals surface area contributed by atoms with Crippen molar-refractivity contribution in [3.63, 3.8) is 0 Å². The van der Waals surface area contributed by atoms with Gasteiger partial charge in [-0.25, -0.2) is 0 Å². The van der Waals surface area contributed by atoms with Gasteiger partial charge in [0.25, 0.3) is 0 Å². The summed E-state index contributed by atoms with van der Waals surface area (Å²) in [6, 6.07) is 8.11. The topological polar surface area (TPSA) is 29.1 Å². The van der Waals surface area contributed by atoms with Crippen molar-refractivity contribution in [3.8, 4) is 0 Å². The van der Waals surface area contributed by atoms with Gasteiger partial charge in [0.1, 0.15) is 0 Å². The predicted molar refractivity (Wildman–Crippen MR) is 75.5 cm³/mol. The van der Waals surface area contributed by atoms with Gasteiger partial charge in [0.15, 0.2) is 0 Å². The van der Waals surface area contributed by atoms with E-state index in [-0.39, 0.29) is 5.91 Å². The van der Waals surface area contributed by atoms with Gasteiger partial charge in [-0.2, -0.15) is 0 Å². The highest BCUT2D eigenvalue weighted by atomic mass is 79.9. The number of unbranched alkanes of at least 4 members (excludes halogenated alkanes) is 2. The Bertz CT molecular complexity index is 335. The monoisotopic (exact) mass is 297 g/mol. The molecule has 0 radical (unpaired) electrons. The molecule has 0 fully saturated rings. The Morgan fingerprint density at radius 1 is 1.18 bits per heavy atom. The zero-order valence-corrected chi connectivity index (χ0v) is 11.9. The fraction of sp³-hybridized carbons (Fsp3) is 0.500. The third-order valence-corrected chi connectivity index (χ3v) is 3.18. The minimum atomic E-state index is 0.118. The quantitative estimate of drug-likeness (QED) is 0.608. The Hall–Kier alpha value is -0.830. The first-order chi connectivity index (χ1) is 8.22. The lowest BCUT2D eigenvalue weighted by atomic mass is 10.1. The maximum absolute atomic E-state index is 11.6. The zero-order chi connectivity index (χ0) is 12.5. The Morgan fingerprint density at radius 3 is 2.53 bits per heavy atom. The van der Waals surface area contributed by atoms with Crippen molar-refractivity contribution in [2.75, 3.05) is 11.9 Å². The summed E-state index contributed by atoms with van der Waals surface area (Å²) in [7, 11) is 0. The summed E-state index contributed by atoms with van der Waals surface area (Å²) in [6.07, 6.45) is 3.88. The Balaban J connectivity index is 2.18. The number of rotatable bonds is 7. The standard InChI is InChI=1S/C14H20BrNO/c1-12-5-7-13(8-6-12)11-14(17)16-10-4-2-3-9-15/h5-8H,2-4,9-11H2,1H3,(H,16,17). The summed E-state index contributed by atoms with van der Waals surface area (Å²) >= 11 is 3.39. The van der Waals surface area contributed by atoms with E-state index in [0.29, 0.717) is 6.42 Å². The molecule has 17 heavy (non-hydrogen) atoms. The molecule has 0 saturated carbocycles. The molecule has 1 aromatic rings. The predicted octanol–water partition coefficient (Wildman–Crippen LogP) is 3.22. The van der Waals surface area contributed by atoms with Crippen molar-refractivity contribution in [1.29, 1.82) is 0 Å². The third kappa shape index (κ3) is 6.47. The molecule has 3 heteroatoms. The summed E-state index contributed by atoms with van der Waals surface area (Å²) < 4.78 is 0. The number of alkyl halides is 1. The summed E-state index contributed by atoms with van der Waals surface area (Å²) in [4.78, 5) is 11.6. The number of benzene rings is 1. The van der Waals surface area contributed by atoms with Gasteiger partial charge < -0.3 is 5.32 Å². The van der Waals surface area contributed by atoms with Crippen molar-refractivity contribution in [2.24, 2.45) is 0 Å². The van der Waals surface area contributed by atoms with Crippen molar-refractivity contribution >= 4 is 21.8 Å². The summed E-state index contributed by atoms with van der Waals surface area (Å²) in [5.74, 6) is 0.118. The Morgan fingerprint density at radius 2 is 1.88 bits per heavy atom. The highest BCUT2D eigenvalue weighted by molar-refractivity contribution is 9.09. The van der Waals surface area contributed by atoms with Crippen LogP contribution in [0.3, 0.4) is 0 Å². The van der Waals surface area contributed by atoms with E-state index in [1.807, 2.05) is 31.2 Å². The molecular weight excluding hydrogens is 278 g/mol. The summed E-state index contributed by atoms with van der Waals surface area (Å²) in [6.45, 7) is 2.84. The lowest BCUT2D eigenvalue weighted by Crippen LogP contribution is -2.26. The van der Waals surface area contributed by atoms with Crippen LogP contribution in [0.4, 0.5) is 0 Å². The average Bonchev–Trinajstić information content (AvgIpc) is 2.32. The SMILES string of the molecule is Cc1ccc(CC(=O)NCCCCCBr)cc1. The molecule has 94 valence electrons. The van der Waals surface area contributed by atoms with Gasteiger partial charge in [-0.3, -0.25) is 4.79 Å². The van der Waals surface area contributed by atoms with E-state index in [9.17, 15) is 4.79 Å². The van der Waals surface area contributed by atoms with Crippen LogP contribution in [0.1, 0.15) is 30.4 Å². The third-order valence-electron chi connectivity index (χ3n) is 2.62. The molecule has 0 spiro atoms. The van der Waals surface area contributed by atoms with Crippen molar-refractivity contribution < 1.29 is 4.79 Å². The minimum absolute atomic E-state index is 0.118. The first-order valence-electron chi connectivity index (χ1n) is 6.10. The van der Waals surface area contributed by atoms with Crippen LogP contribution in [0.2, 0.25) is 0 Å². The van der Waals surface area contributed by atoms with Crippen molar-refractivity contribution in [1.82, 2.24) is 5.32 Å². The van der Waals surface area contributed by atoms with Crippen LogP contribution in [0.15, 0.2) is 24.3 Å². The smallest absolute Gasteiger partial charge is 0.224 e. The van der Waals surface area contributed by atoms with Crippen LogP contribution in [-0.2, 0) is 11.2 Å². The second-order valence-corrected chi connectivity index (χ2v) is 5.05.